The van der Waals surface area contributed by atoms with Gasteiger partial charge in [-0.25, -0.2) is 4.79 Å². The molecule has 1 aromatic heterocycles. The topological polar surface area (TPSA) is 54.8 Å². The van der Waals surface area contributed by atoms with Crippen molar-refractivity contribution in [3.8, 4) is 0 Å². The van der Waals surface area contributed by atoms with Crippen molar-refractivity contribution < 1.29 is 14.3 Å². The lowest BCUT2D eigenvalue weighted by Crippen LogP contribution is -2.26. The van der Waals surface area contributed by atoms with E-state index in [4.69, 9.17) is 4.74 Å². The maximum atomic E-state index is 12.9. The first-order valence-electron chi connectivity index (χ1n) is 9.32. The maximum Gasteiger partial charge on any atom is 0.410 e. The van der Waals surface area contributed by atoms with E-state index in [-0.39, 0.29) is 18.0 Å². The third kappa shape index (κ3) is 3.72. The summed E-state index contributed by atoms with van der Waals surface area (Å²) in [5, 5.41) is 1.07. The highest BCUT2D eigenvalue weighted by molar-refractivity contribution is 5.96. The molecular weight excluding hydrogens is 342 g/mol. The zero-order chi connectivity index (χ0) is 19.9. The largest absolute Gasteiger partial charge is 0.447 e. The number of cyclic esters (lactones) is 1. The zero-order valence-corrected chi connectivity index (χ0v) is 17.1. The Kier molecular flexibility index (Phi) is 5.04. The lowest BCUT2D eigenvalue weighted by Gasteiger charge is -2.19. The molecule has 1 saturated heterocycles. The molecule has 1 aliphatic rings. The Morgan fingerprint density at radius 3 is 2.56 bits per heavy atom. The van der Waals surface area contributed by atoms with E-state index < -0.39 is 5.41 Å². The third-order valence-corrected chi connectivity index (χ3v) is 5.10. The highest BCUT2D eigenvalue weighted by Gasteiger charge is 2.31. The molecule has 1 fully saturated rings. The summed E-state index contributed by atoms with van der Waals surface area (Å²) in [7, 11) is 5.84. The Labute approximate surface area is 160 Å². The molecule has 0 N–H and O–H groups in total. The number of hydrogen-bond donors (Lipinski definition) is 0. The van der Waals surface area contributed by atoms with Crippen LogP contribution in [0.5, 0.6) is 0 Å². The van der Waals surface area contributed by atoms with Gasteiger partial charge in [0.15, 0.2) is 0 Å². The Hall–Kier alpha value is -2.34. The minimum Gasteiger partial charge on any atom is -0.447 e. The summed E-state index contributed by atoms with van der Waals surface area (Å²) in [6.45, 7) is 7.07. The number of aromatic nitrogens is 1. The fraction of sp³-hybridized carbons (Fsp3) is 0.524. The molecule has 6 heteroatoms. The number of benzene rings is 1. The van der Waals surface area contributed by atoms with Gasteiger partial charge in [-0.15, -0.1) is 0 Å². The molecule has 27 heavy (non-hydrogen) atoms. The van der Waals surface area contributed by atoms with Crippen molar-refractivity contribution in [1.29, 1.82) is 0 Å². The molecule has 1 unspecified atom stereocenters. The van der Waals surface area contributed by atoms with Crippen molar-refractivity contribution >= 4 is 22.9 Å². The van der Waals surface area contributed by atoms with Crippen LogP contribution in [-0.2, 0) is 11.2 Å². The van der Waals surface area contributed by atoms with Gasteiger partial charge in [-0.3, -0.25) is 9.36 Å². The van der Waals surface area contributed by atoms with E-state index in [0.29, 0.717) is 6.61 Å². The van der Waals surface area contributed by atoms with Gasteiger partial charge in [0, 0.05) is 30.6 Å². The van der Waals surface area contributed by atoms with Crippen LogP contribution in [-0.4, -0.2) is 60.7 Å². The number of carbonyl (C=O) groups is 2. The Morgan fingerprint density at radius 1 is 1.30 bits per heavy atom. The smallest absolute Gasteiger partial charge is 0.410 e. The van der Waals surface area contributed by atoms with Crippen LogP contribution < -0.4 is 0 Å². The van der Waals surface area contributed by atoms with Crippen LogP contribution in [0.3, 0.4) is 0 Å². The van der Waals surface area contributed by atoms with Gasteiger partial charge in [-0.2, -0.15) is 0 Å². The van der Waals surface area contributed by atoms with E-state index in [2.05, 4.69) is 11.0 Å². The molecule has 0 radical (unpaired) electrons. The van der Waals surface area contributed by atoms with E-state index in [1.54, 1.807) is 16.5 Å². The van der Waals surface area contributed by atoms with E-state index in [0.717, 1.165) is 35.0 Å². The molecule has 0 spiro atoms. The number of rotatable bonds is 4. The van der Waals surface area contributed by atoms with Crippen LogP contribution >= 0.6 is 0 Å². The predicted molar refractivity (Wildman–Crippen MR) is 106 cm³/mol. The van der Waals surface area contributed by atoms with Gasteiger partial charge in [0.2, 0.25) is 5.91 Å². The van der Waals surface area contributed by atoms with Gasteiger partial charge < -0.3 is 14.5 Å². The number of amides is 1. The quantitative estimate of drug-likeness (QED) is 0.825. The summed E-state index contributed by atoms with van der Waals surface area (Å²) >= 11 is 0. The lowest BCUT2D eigenvalue weighted by atomic mass is 9.95. The minimum atomic E-state index is -0.463. The van der Waals surface area contributed by atoms with E-state index >= 15 is 0 Å². The molecule has 2 aromatic rings. The van der Waals surface area contributed by atoms with Crippen LogP contribution in [0.2, 0.25) is 0 Å². The third-order valence-electron chi connectivity index (χ3n) is 5.10. The first-order chi connectivity index (χ1) is 12.6. The molecule has 1 amide bonds. The predicted octanol–water partition coefficient (Wildman–Crippen LogP) is 3.55. The second-order valence-corrected chi connectivity index (χ2v) is 8.61. The highest BCUT2D eigenvalue weighted by atomic mass is 16.6. The first kappa shape index (κ1) is 19.4. The molecule has 0 saturated carbocycles. The number of likely N-dealkylation sites (N-methyl/N-ethyl adjacent to an activating group) is 2. The summed E-state index contributed by atoms with van der Waals surface area (Å²) in [4.78, 5) is 28.4. The fourth-order valence-corrected chi connectivity index (χ4v) is 3.41. The van der Waals surface area contributed by atoms with Crippen LogP contribution in [0.25, 0.3) is 10.9 Å². The van der Waals surface area contributed by atoms with E-state index in [9.17, 15) is 9.59 Å². The summed E-state index contributed by atoms with van der Waals surface area (Å²) < 4.78 is 6.94. The Morgan fingerprint density at radius 2 is 2.00 bits per heavy atom. The van der Waals surface area contributed by atoms with Gasteiger partial charge >= 0.3 is 6.09 Å². The van der Waals surface area contributed by atoms with Crippen molar-refractivity contribution in [2.24, 2.45) is 5.41 Å². The van der Waals surface area contributed by atoms with Gasteiger partial charge in [0.25, 0.3) is 0 Å². The van der Waals surface area contributed by atoms with Crippen LogP contribution in [0, 0.1) is 5.41 Å². The second-order valence-electron chi connectivity index (χ2n) is 8.61. The molecule has 6 nitrogen and oxygen atoms in total. The maximum absolute atomic E-state index is 12.9. The van der Waals surface area contributed by atoms with E-state index in [1.165, 1.54) is 0 Å². The molecule has 1 atom stereocenters. The molecular formula is C21H29N3O3. The highest BCUT2D eigenvalue weighted by Crippen LogP contribution is 2.32. The Bertz CT molecular complexity index is 877. The van der Waals surface area contributed by atoms with Crippen LogP contribution in [0.4, 0.5) is 4.79 Å². The number of hydrogen-bond acceptors (Lipinski definition) is 4. The van der Waals surface area contributed by atoms with Gasteiger partial charge in [-0.05, 0) is 43.8 Å². The van der Waals surface area contributed by atoms with Crippen molar-refractivity contribution in [3.63, 3.8) is 0 Å². The lowest BCUT2D eigenvalue weighted by molar-refractivity contribution is 0.0772. The minimum absolute atomic E-state index is 0.0767. The zero-order valence-electron chi connectivity index (χ0n) is 17.1. The van der Waals surface area contributed by atoms with Crippen LogP contribution in [0.15, 0.2) is 24.4 Å². The van der Waals surface area contributed by atoms with Crippen molar-refractivity contribution in [2.75, 3.05) is 34.3 Å². The van der Waals surface area contributed by atoms with Crippen molar-refractivity contribution in [3.05, 3.63) is 35.5 Å². The summed E-state index contributed by atoms with van der Waals surface area (Å²) in [5.74, 6) is 0.0767. The molecule has 146 valence electrons. The SMILES string of the molecule is CN(C)CCc1cn(C(=O)C(C)(C)C)c2ccc(C3COC(=O)N3C)cc12. The van der Waals surface area contributed by atoms with Crippen LogP contribution in [0.1, 0.15) is 42.7 Å². The molecule has 2 heterocycles. The second kappa shape index (κ2) is 7.00. The number of nitrogens with zero attached hydrogens (tertiary/aromatic N) is 3. The first-order valence-corrected chi connectivity index (χ1v) is 9.32. The Balaban J connectivity index is 2.08. The van der Waals surface area contributed by atoms with Crippen molar-refractivity contribution in [2.45, 2.75) is 33.2 Å². The average molecular weight is 371 g/mol. The monoisotopic (exact) mass is 371 g/mol. The summed E-state index contributed by atoms with van der Waals surface area (Å²) in [6, 6.07) is 6.00. The molecule has 0 bridgehead atoms. The molecule has 1 aromatic carbocycles. The average Bonchev–Trinajstić information content (AvgIpc) is 3.12. The van der Waals surface area contributed by atoms with Crippen molar-refractivity contribution in [1.82, 2.24) is 14.4 Å². The standard InChI is InChI=1S/C21H29N3O3/c1-21(2,3)19(25)24-12-15(9-10-22(4)5)16-11-14(7-8-17(16)24)18-13-27-20(26)23(18)6/h7-8,11-12,18H,9-10,13H2,1-6H3. The van der Waals surface area contributed by atoms with Gasteiger partial charge in [0.1, 0.15) is 6.61 Å². The fourth-order valence-electron chi connectivity index (χ4n) is 3.41. The number of carbonyl (C=O) groups excluding carboxylic acids is 2. The van der Waals surface area contributed by atoms with Gasteiger partial charge in [0.05, 0.1) is 11.6 Å². The number of fused-ring (bicyclic) bond motifs is 1. The molecule has 1 aliphatic heterocycles. The van der Waals surface area contributed by atoms with E-state index in [1.807, 2.05) is 53.2 Å². The summed E-state index contributed by atoms with van der Waals surface area (Å²) in [5.41, 5.74) is 2.63. The molecule has 3 rings (SSSR count). The van der Waals surface area contributed by atoms with Gasteiger partial charge in [-0.1, -0.05) is 26.8 Å². The normalized spacial score (nSPS) is 17.8. The summed E-state index contributed by atoms with van der Waals surface area (Å²) in [6.07, 6.45) is 2.53. The number of ether oxygens (including phenoxy) is 1. The molecule has 0 aliphatic carbocycles.